The number of hydrogen-bond donors (Lipinski definition) is 0. The van der Waals surface area contributed by atoms with Gasteiger partial charge in [-0.05, 0) is 48.9 Å². The van der Waals surface area contributed by atoms with E-state index in [0.29, 0.717) is 11.6 Å². The van der Waals surface area contributed by atoms with Gasteiger partial charge in [-0.25, -0.2) is 0 Å². The molecular formula is C19H16ClN3OS. The molecule has 0 bridgehead atoms. The zero-order chi connectivity index (χ0) is 17.2. The van der Waals surface area contributed by atoms with Crippen molar-refractivity contribution in [3.05, 3.63) is 65.2 Å². The lowest BCUT2D eigenvalue weighted by Crippen LogP contribution is -2.01. The number of thioether (sulfide) groups is 1. The lowest BCUT2D eigenvalue weighted by atomic mass is 10.1. The summed E-state index contributed by atoms with van der Waals surface area (Å²) in [5, 5.41) is 11.5. The summed E-state index contributed by atoms with van der Waals surface area (Å²) < 4.78 is 7.85. The lowest BCUT2D eigenvalue weighted by molar-refractivity contribution is 0.344. The Morgan fingerprint density at radius 1 is 1.08 bits per heavy atom. The van der Waals surface area contributed by atoms with Crippen LogP contribution in [0, 0.1) is 6.92 Å². The van der Waals surface area contributed by atoms with Crippen LogP contribution in [0.4, 0.5) is 0 Å². The third kappa shape index (κ3) is 3.30. The predicted molar refractivity (Wildman–Crippen MR) is 103 cm³/mol. The number of nitrogens with zero attached hydrogens (tertiary/aromatic N) is 3. The third-order valence-corrected chi connectivity index (χ3v) is 5.12. The molecule has 126 valence electrons. The Bertz CT molecular complexity index is 1030. The Kier molecular flexibility index (Phi) is 4.51. The summed E-state index contributed by atoms with van der Waals surface area (Å²) in [5.41, 5.74) is 3.21. The van der Waals surface area contributed by atoms with Gasteiger partial charge in [0.05, 0.1) is 12.1 Å². The highest BCUT2D eigenvalue weighted by Crippen LogP contribution is 2.25. The van der Waals surface area contributed by atoms with Crippen molar-refractivity contribution in [2.45, 2.75) is 12.1 Å². The smallest absolute Gasteiger partial charge is 0.196 e. The Balaban J connectivity index is 1.52. The number of para-hydroxylation sites is 1. The number of benzene rings is 2. The highest BCUT2D eigenvalue weighted by Gasteiger charge is 2.11. The van der Waals surface area contributed by atoms with Crippen LogP contribution < -0.4 is 4.74 Å². The van der Waals surface area contributed by atoms with E-state index in [1.54, 1.807) is 11.8 Å². The topological polar surface area (TPSA) is 39.4 Å². The first-order chi connectivity index (χ1) is 12.2. The Labute approximate surface area is 154 Å². The van der Waals surface area contributed by atoms with Crippen LogP contribution in [-0.2, 0) is 0 Å². The fraction of sp³-hybridized carbons (Fsp3) is 0.158. The van der Waals surface area contributed by atoms with Crippen LogP contribution >= 0.6 is 23.4 Å². The van der Waals surface area contributed by atoms with Crippen LogP contribution in [-0.4, -0.2) is 27.0 Å². The molecule has 0 saturated carbocycles. The molecule has 0 unspecified atom stereocenters. The van der Waals surface area contributed by atoms with E-state index in [0.717, 1.165) is 27.8 Å². The van der Waals surface area contributed by atoms with Crippen molar-refractivity contribution >= 4 is 39.9 Å². The standard InChI is InChI=1S/C19H16ClN3OS/c1-13-12-18-21-22-19(23(18)17-5-3-2-4-16(13)17)25-11-10-24-15-8-6-14(20)7-9-15/h2-9,12H,10-11H2,1H3. The molecule has 6 heteroatoms. The van der Waals surface area contributed by atoms with E-state index < -0.39 is 0 Å². The quantitative estimate of drug-likeness (QED) is 0.366. The largest absolute Gasteiger partial charge is 0.493 e. The molecule has 0 N–H and O–H groups in total. The molecule has 2 aromatic carbocycles. The van der Waals surface area contributed by atoms with E-state index in [4.69, 9.17) is 16.3 Å². The van der Waals surface area contributed by atoms with Gasteiger partial charge < -0.3 is 4.74 Å². The number of hydrogen-bond acceptors (Lipinski definition) is 4. The van der Waals surface area contributed by atoms with Gasteiger partial charge in [0.2, 0.25) is 0 Å². The zero-order valence-electron chi connectivity index (χ0n) is 13.6. The molecule has 0 amide bonds. The molecule has 0 saturated heterocycles. The average molecular weight is 370 g/mol. The van der Waals surface area contributed by atoms with Gasteiger partial charge in [-0.15, -0.1) is 10.2 Å². The summed E-state index contributed by atoms with van der Waals surface area (Å²) in [6.07, 6.45) is 0. The first-order valence-corrected chi connectivity index (χ1v) is 9.33. The monoisotopic (exact) mass is 369 g/mol. The van der Waals surface area contributed by atoms with Gasteiger partial charge in [-0.3, -0.25) is 4.40 Å². The van der Waals surface area contributed by atoms with E-state index in [-0.39, 0.29) is 0 Å². The molecule has 0 aliphatic rings. The molecule has 25 heavy (non-hydrogen) atoms. The van der Waals surface area contributed by atoms with Crippen LogP contribution in [0.15, 0.2) is 59.8 Å². The van der Waals surface area contributed by atoms with Gasteiger partial charge in [-0.1, -0.05) is 41.6 Å². The van der Waals surface area contributed by atoms with Crippen molar-refractivity contribution < 1.29 is 4.74 Å². The molecule has 0 aliphatic heterocycles. The first-order valence-electron chi connectivity index (χ1n) is 7.97. The minimum atomic E-state index is 0.588. The van der Waals surface area contributed by atoms with Gasteiger partial charge in [-0.2, -0.15) is 0 Å². The van der Waals surface area contributed by atoms with Crippen molar-refractivity contribution in [1.82, 2.24) is 14.6 Å². The maximum atomic E-state index is 5.88. The van der Waals surface area contributed by atoms with Crippen LogP contribution in [0.1, 0.15) is 5.56 Å². The maximum absolute atomic E-state index is 5.88. The van der Waals surface area contributed by atoms with Crippen molar-refractivity contribution in [2.24, 2.45) is 0 Å². The second kappa shape index (κ2) is 6.94. The highest BCUT2D eigenvalue weighted by molar-refractivity contribution is 7.99. The van der Waals surface area contributed by atoms with Crippen LogP contribution in [0.5, 0.6) is 5.75 Å². The lowest BCUT2D eigenvalue weighted by Gasteiger charge is -2.08. The fourth-order valence-electron chi connectivity index (χ4n) is 2.79. The Hall–Kier alpha value is -2.24. The summed E-state index contributed by atoms with van der Waals surface area (Å²) in [7, 11) is 0. The summed E-state index contributed by atoms with van der Waals surface area (Å²) in [4.78, 5) is 0. The van der Waals surface area contributed by atoms with Crippen molar-refractivity contribution in [3.8, 4) is 5.75 Å². The first kappa shape index (κ1) is 16.2. The van der Waals surface area contributed by atoms with Crippen LogP contribution in [0.2, 0.25) is 5.02 Å². The number of aryl methyl sites for hydroxylation is 1. The normalized spacial score (nSPS) is 11.3. The van der Waals surface area contributed by atoms with Crippen LogP contribution in [0.3, 0.4) is 0 Å². The summed E-state index contributed by atoms with van der Waals surface area (Å²) >= 11 is 7.52. The average Bonchev–Trinajstić information content (AvgIpc) is 3.03. The number of fused-ring (bicyclic) bond motifs is 3. The maximum Gasteiger partial charge on any atom is 0.196 e. The number of rotatable bonds is 5. The van der Waals surface area contributed by atoms with E-state index in [9.17, 15) is 0 Å². The molecule has 0 radical (unpaired) electrons. The molecule has 0 spiro atoms. The Morgan fingerprint density at radius 3 is 2.72 bits per heavy atom. The molecule has 2 aromatic heterocycles. The van der Waals surface area contributed by atoms with Gasteiger partial charge in [0.15, 0.2) is 10.8 Å². The number of ether oxygens (including phenoxy) is 1. The fourth-order valence-corrected chi connectivity index (χ4v) is 3.69. The van der Waals surface area contributed by atoms with Gasteiger partial charge >= 0.3 is 0 Å². The Morgan fingerprint density at radius 2 is 1.88 bits per heavy atom. The number of aromatic nitrogens is 3. The summed E-state index contributed by atoms with van der Waals surface area (Å²) in [6.45, 7) is 2.69. The van der Waals surface area contributed by atoms with Gasteiger partial charge in [0.25, 0.3) is 0 Å². The highest BCUT2D eigenvalue weighted by atomic mass is 35.5. The minimum absolute atomic E-state index is 0.588. The molecule has 2 heterocycles. The molecule has 0 aliphatic carbocycles. The molecule has 0 fully saturated rings. The SMILES string of the molecule is Cc1cc2nnc(SCCOc3ccc(Cl)cc3)n2c2ccccc12. The van der Waals surface area contributed by atoms with Gasteiger partial charge in [0.1, 0.15) is 5.75 Å². The van der Waals surface area contributed by atoms with E-state index in [2.05, 4.69) is 45.8 Å². The van der Waals surface area contributed by atoms with E-state index in [1.165, 1.54) is 10.9 Å². The molecule has 4 nitrogen and oxygen atoms in total. The van der Waals surface area contributed by atoms with Crippen LogP contribution in [0.25, 0.3) is 16.6 Å². The van der Waals surface area contributed by atoms with Crippen molar-refractivity contribution in [2.75, 3.05) is 12.4 Å². The molecule has 4 aromatic rings. The predicted octanol–water partition coefficient (Wildman–Crippen LogP) is 5.02. The number of halogens is 1. The summed E-state index contributed by atoms with van der Waals surface area (Å²) in [6, 6.07) is 17.8. The number of pyridine rings is 1. The van der Waals surface area contributed by atoms with Gasteiger partial charge in [0, 0.05) is 16.2 Å². The van der Waals surface area contributed by atoms with Crippen molar-refractivity contribution in [1.29, 1.82) is 0 Å². The minimum Gasteiger partial charge on any atom is -0.493 e. The molecular weight excluding hydrogens is 354 g/mol. The van der Waals surface area contributed by atoms with E-state index >= 15 is 0 Å². The second-order valence-corrected chi connectivity index (χ2v) is 7.17. The zero-order valence-corrected chi connectivity index (χ0v) is 15.2. The van der Waals surface area contributed by atoms with E-state index in [1.807, 2.05) is 30.3 Å². The van der Waals surface area contributed by atoms with Crippen molar-refractivity contribution in [3.63, 3.8) is 0 Å². The third-order valence-electron chi connectivity index (χ3n) is 3.97. The summed E-state index contributed by atoms with van der Waals surface area (Å²) in [5.74, 6) is 1.60. The molecule has 4 rings (SSSR count). The second-order valence-electron chi connectivity index (χ2n) is 5.67. The molecule has 0 atom stereocenters.